The highest BCUT2D eigenvalue weighted by molar-refractivity contribution is 7.92. The summed E-state index contributed by atoms with van der Waals surface area (Å²) in [4.78, 5) is 0.342. The molecular weight excluding hydrogens is 238 g/mol. The van der Waals surface area contributed by atoms with Crippen LogP contribution >= 0.6 is 0 Å². The Kier molecular flexibility index (Phi) is 3.25. The molecule has 0 aliphatic heterocycles. The lowest BCUT2D eigenvalue weighted by molar-refractivity contribution is 0.127. The van der Waals surface area contributed by atoms with Gasteiger partial charge in [-0.2, -0.15) is 0 Å². The second-order valence-corrected chi connectivity index (χ2v) is 6.55. The van der Waals surface area contributed by atoms with Crippen molar-refractivity contribution < 1.29 is 13.2 Å². The molecule has 4 nitrogen and oxygen atoms in total. The number of sulfone groups is 1. The van der Waals surface area contributed by atoms with Gasteiger partial charge in [-0.05, 0) is 25.5 Å². The lowest BCUT2D eigenvalue weighted by Gasteiger charge is -2.11. The average Bonchev–Trinajstić information content (AvgIpc) is 3.02. The summed E-state index contributed by atoms with van der Waals surface area (Å²) in [6, 6.07) is 8.44. The van der Waals surface area contributed by atoms with Gasteiger partial charge in [-0.25, -0.2) is 8.42 Å². The van der Waals surface area contributed by atoms with E-state index in [2.05, 4.69) is 0 Å². The molecule has 1 saturated carbocycles. The van der Waals surface area contributed by atoms with E-state index in [9.17, 15) is 8.42 Å². The summed E-state index contributed by atoms with van der Waals surface area (Å²) in [5.74, 6) is 0. The maximum atomic E-state index is 12.2. The van der Waals surface area contributed by atoms with Gasteiger partial charge >= 0.3 is 0 Å². The van der Waals surface area contributed by atoms with E-state index in [-0.39, 0.29) is 0 Å². The van der Waals surface area contributed by atoms with Crippen molar-refractivity contribution in [2.75, 3.05) is 13.2 Å². The Morgan fingerprint density at radius 3 is 2.65 bits per heavy atom. The third kappa shape index (κ3) is 2.36. The zero-order valence-electron chi connectivity index (χ0n) is 9.80. The Morgan fingerprint density at radius 1 is 1.41 bits per heavy atom. The maximum Gasteiger partial charge on any atom is 0.183 e. The number of ether oxygens (including phenoxy) is 1. The second kappa shape index (κ2) is 4.40. The van der Waals surface area contributed by atoms with E-state index in [1.165, 1.54) is 0 Å². The minimum atomic E-state index is -3.31. The van der Waals surface area contributed by atoms with Gasteiger partial charge < -0.3 is 10.5 Å². The molecule has 0 spiro atoms. The molecule has 1 aliphatic carbocycles. The van der Waals surface area contributed by atoms with E-state index in [0.717, 1.165) is 0 Å². The molecule has 0 bridgehead atoms. The van der Waals surface area contributed by atoms with E-state index < -0.39 is 20.6 Å². The first kappa shape index (κ1) is 12.5. The summed E-state index contributed by atoms with van der Waals surface area (Å²) in [5.41, 5.74) is 5.29. The molecule has 1 aromatic carbocycles. The molecule has 1 fully saturated rings. The van der Waals surface area contributed by atoms with Crippen molar-refractivity contribution >= 4 is 9.84 Å². The van der Waals surface area contributed by atoms with Gasteiger partial charge in [0.25, 0.3) is 0 Å². The molecular formula is C12H17NO3S. The molecule has 2 unspecified atom stereocenters. The average molecular weight is 255 g/mol. The molecule has 17 heavy (non-hydrogen) atoms. The van der Waals surface area contributed by atoms with Crippen molar-refractivity contribution in [2.45, 2.75) is 29.0 Å². The minimum Gasteiger partial charge on any atom is -0.380 e. The highest BCUT2D eigenvalue weighted by Gasteiger charge is 2.59. The predicted molar refractivity (Wildman–Crippen MR) is 65.4 cm³/mol. The fraction of sp³-hybridized carbons (Fsp3) is 0.500. The first-order valence-corrected chi connectivity index (χ1v) is 7.21. The van der Waals surface area contributed by atoms with E-state index in [1.54, 1.807) is 30.3 Å². The number of rotatable bonds is 5. The lowest BCUT2D eigenvalue weighted by atomic mass is 10.3. The normalized spacial score (nSPS) is 28.0. The zero-order valence-corrected chi connectivity index (χ0v) is 10.6. The van der Waals surface area contributed by atoms with Crippen molar-refractivity contribution in [3.63, 3.8) is 0 Å². The highest BCUT2D eigenvalue weighted by atomic mass is 32.2. The topological polar surface area (TPSA) is 69.4 Å². The van der Waals surface area contributed by atoms with Crippen LogP contribution in [0.3, 0.4) is 0 Å². The molecule has 0 heterocycles. The van der Waals surface area contributed by atoms with Crippen LogP contribution in [0.5, 0.6) is 0 Å². The fourth-order valence-electron chi connectivity index (χ4n) is 1.92. The number of nitrogens with two attached hydrogens (primary N) is 1. The van der Waals surface area contributed by atoms with Crippen LogP contribution in [0.4, 0.5) is 0 Å². The van der Waals surface area contributed by atoms with Crippen LogP contribution < -0.4 is 5.73 Å². The Labute approximate surface area is 102 Å². The summed E-state index contributed by atoms with van der Waals surface area (Å²) >= 11 is 0. The summed E-state index contributed by atoms with van der Waals surface area (Å²) in [6.07, 6.45) is 0.476. The van der Waals surface area contributed by atoms with Gasteiger partial charge in [0.1, 0.15) is 0 Å². The third-order valence-electron chi connectivity index (χ3n) is 3.07. The molecule has 0 aromatic heterocycles. The van der Waals surface area contributed by atoms with Crippen molar-refractivity contribution in [3.05, 3.63) is 30.3 Å². The van der Waals surface area contributed by atoms with Crippen LogP contribution in [0.2, 0.25) is 0 Å². The molecule has 5 heteroatoms. The number of hydrogen-bond donors (Lipinski definition) is 1. The molecule has 2 rings (SSSR count). The van der Waals surface area contributed by atoms with E-state index in [4.69, 9.17) is 10.5 Å². The molecule has 2 atom stereocenters. The smallest absolute Gasteiger partial charge is 0.183 e. The van der Waals surface area contributed by atoms with Crippen LogP contribution in [0, 0.1) is 0 Å². The molecule has 0 amide bonds. The fourth-order valence-corrected chi connectivity index (χ4v) is 4.00. The minimum absolute atomic E-state index is 0.306. The zero-order chi connectivity index (χ0) is 12.5. The van der Waals surface area contributed by atoms with E-state index in [0.29, 0.717) is 24.5 Å². The highest BCUT2D eigenvalue weighted by Crippen LogP contribution is 2.42. The Balaban J connectivity index is 2.15. The molecule has 0 saturated heterocycles. The Bertz CT molecular complexity index is 486. The van der Waals surface area contributed by atoms with Crippen molar-refractivity contribution in [1.29, 1.82) is 0 Å². The van der Waals surface area contributed by atoms with Crippen LogP contribution in [0.1, 0.15) is 13.3 Å². The van der Waals surface area contributed by atoms with Gasteiger partial charge in [-0.3, -0.25) is 0 Å². The second-order valence-electron chi connectivity index (χ2n) is 4.42. The van der Waals surface area contributed by atoms with E-state index >= 15 is 0 Å². The predicted octanol–water partition coefficient (Wildman–Crippen LogP) is 0.967. The van der Waals surface area contributed by atoms with Crippen LogP contribution in [0.25, 0.3) is 0 Å². The van der Waals surface area contributed by atoms with Gasteiger partial charge in [-0.1, -0.05) is 18.2 Å². The number of benzene rings is 1. The van der Waals surface area contributed by atoms with Crippen molar-refractivity contribution in [2.24, 2.45) is 5.73 Å². The van der Waals surface area contributed by atoms with Gasteiger partial charge in [0.2, 0.25) is 0 Å². The van der Waals surface area contributed by atoms with Crippen LogP contribution in [-0.2, 0) is 14.6 Å². The number of hydrogen-bond acceptors (Lipinski definition) is 4. The van der Waals surface area contributed by atoms with E-state index in [1.807, 2.05) is 6.92 Å². The summed E-state index contributed by atoms with van der Waals surface area (Å²) < 4.78 is 29.7. The molecule has 0 radical (unpaired) electrons. The third-order valence-corrected chi connectivity index (χ3v) is 5.38. The van der Waals surface area contributed by atoms with Gasteiger partial charge in [0, 0.05) is 6.61 Å². The SMILES string of the molecule is CCOCC1(N)CC1S(=O)(=O)c1ccccc1. The standard InChI is InChI=1S/C12H17NO3S/c1-2-16-9-12(13)8-11(12)17(14,15)10-6-4-3-5-7-10/h3-7,11H,2,8-9,13H2,1H3. The lowest BCUT2D eigenvalue weighted by Crippen LogP contribution is -2.35. The Morgan fingerprint density at radius 2 is 2.06 bits per heavy atom. The summed E-state index contributed by atoms with van der Waals surface area (Å²) in [5, 5.41) is -0.510. The van der Waals surface area contributed by atoms with Crippen LogP contribution in [0.15, 0.2) is 35.2 Å². The molecule has 1 aromatic rings. The summed E-state index contributed by atoms with van der Waals surface area (Å²) in [6.45, 7) is 2.73. The molecule has 94 valence electrons. The first-order valence-electron chi connectivity index (χ1n) is 5.66. The van der Waals surface area contributed by atoms with Gasteiger partial charge in [0.15, 0.2) is 9.84 Å². The molecule has 1 aliphatic rings. The Hall–Kier alpha value is -0.910. The monoisotopic (exact) mass is 255 g/mol. The van der Waals surface area contributed by atoms with Gasteiger partial charge in [0.05, 0.1) is 22.3 Å². The molecule has 2 N–H and O–H groups in total. The van der Waals surface area contributed by atoms with Crippen LogP contribution in [-0.4, -0.2) is 32.4 Å². The van der Waals surface area contributed by atoms with Gasteiger partial charge in [-0.15, -0.1) is 0 Å². The first-order chi connectivity index (χ1) is 8.00. The summed E-state index contributed by atoms with van der Waals surface area (Å²) in [7, 11) is -3.31. The largest absolute Gasteiger partial charge is 0.380 e. The van der Waals surface area contributed by atoms with Crippen molar-refractivity contribution in [1.82, 2.24) is 0 Å². The van der Waals surface area contributed by atoms with Crippen molar-refractivity contribution in [3.8, 4) is 0 Å². The quantitative estimate of drug-likeness (QED) is 0.851. The maximum absolute atomic E-state index is 12.2.